The summed E-state index contributed by atoms with van der Waals surface area (Å²) in [6.45, 7) is 0.938. The van der Waals surface area contributed by atoms with E-state index in [1.165, 1.54) is 18.4 Å². The third kappa shape index (κ3) is 3.24. The van der Waals surface area contributed by atoms with Crippen LogP contribution in [0.3, 0.4) is 0 Å². The van der Waals surface area contributed by atoms with Gasteiger partial charge in [0, 0.05) is 26.1 Å². The van der Waals surface area contributed by atoms with E-state index in [1.807, 2.05) is 19.2 Å². The Morgan fingerprint density at radius 1 is 1.33 bits per heavy atom. The average molecular weight is 286 g/mol. The highest BCUT2D eigenvalue weighted by Crippen LogP contribution is 2.40. The summed E-state index contributed by atoms with van der Waals surface area (Å²) in [4.78, 5) is 4.24. The number of nitrogens with one attached hydrogen (secondary N) is 1. The zero-order chi connectivity index (χ0) is 14.7. The summed E-state index contributed by atoms with van der Waals surface area (Å²) in [5.74, 6) is 2.54. The Bertz CT molecular complexity index is 589. The first-order chi connectivity index (χ1) is 10.3. The molecule has 3 rings (SSSR count). The van der Waals surface area contributed by atoms with Crippen molar-refractivity contribution in [1.82, 2.24) is 20.1 Å². The van der Waals surface area contributed by atoms with Crippen LogP contribution in [-0.2, 0) is 13.5 Å². The number of benzene rings is 1. The second-order valence-electron chi connectivity index (χ2n) is 5.65. The lowest BCUT2D eigenvalue weighted by atomic mass is 9.75. The number of nitrogens with zero attached hydrogens (tertiary/aromatic N) is 3. The lowest BCUT2D eigenvalue weighted by molar-refractivity contribution is 0.284. The molecule has 112 valence electrons. The molecular formula is C16H22N4O. The second kappa shape index (κ2) is 6.26. The molecule has 1 aliphatic carbocycles. The van der Waals surface area contributed by atoms with Crippen molar-refractivity contribution in [3.05, 3.63) is 42.0 Å². The molecule has 1 heterocycles. The van der Waals surface area contributed by atoms with E-state index in [-0.39, 0.29) is 0 Å². The van der Waals surface area contributed by atoms with Crippen molar-refractivity contribution in [2.45, 2.75) is 31.2 Å². The first-order valence-electron chi connectivity index (χ1n) is 7.47. The molecule has 0 unspecified atom stereocenters. The maximum atomic E-state index is 5.44. The van der Waals surface area contributed by atoms with Gasteiger partial charge in [-0.15, -0.1) is 0 Å². The zero-order valence-corrected chi connectivity index (χ0v) is 12.6. The number of ether oxygens (including phenoxy) is 1. The summed E-state index contributed by atoms with van der Waals surface area (Å²) in [6, 6.07) is 8.94. The van der Waals surface area contributed by atoms with Gasteiger partial charge in [-0.25, -0.2) is 4.98 Å². The van der Waals surface area contributed by atoms with E-state index in [0.717, 1.165) is 24.5 Å². The van der Waals surface area contributed by atoms with Gasteiger partial charge in [-0.3, -0.25) is 4.68 Å². The van der Waals surface area contributed by atoms with Crippen LogP contribution in [0.25, 0.3) is 0 Å². The van der Waals surface area contributed by atoms with E-state index < -0.39 is 0 Å². The maximum Gasteiger partial charge on any atom is 0.151 e. The molecule has 1 N–H and O–H groups in total. The van der Waals surface area contributed by atoms with Gasteiger partial charge in [-0.05, 0) is 30.4 Å². The highest BCUT2D eigenvalue weighted by atomic mass is 16.5. The van der Waals surface area contributed by atoms with Gasteiger partial charge in [0.1, 0.15) is 12.1 Å². The highest BCUT2D eigenvalue weighted by Gasteiger charge is 2.31. The minimum atomic E-state index is 0.601. The lowest BCUT2D eigenvalue weighted by Gasteiger charge is -2.37. The number of methoxy groups -OCH3 is 1. The fourth-order valence-electron chi connectivity index (χ4n) is 2.93. The summed E-state index contributed by atoms with van der Waals surface area (Å²) in [6.07, 6.45) is 4.99. The molecule has 21 heavy (non-hydrogen) atoms. The normalized spacial score (nSPS) is 21.0. The molecule has 0 radical (unpaired) electrons. The Labute approximate surface area is 125 Å². The van der Waals surface area contributed by atoms with Crippen LogP contribution in [0.15, 0.2) is 30.6 Å². The molecule has 0 saturated heterocycles. The molecular weight excluding hydrogens is 264 g/mol. The largest absolute Gasteiger partial charge is 0.496 e. The van der Waals surface area contributed by atoms with Crippen molar-refractivity contribution >= 4 is 0 Å². The molecule has 0 spiro atoms. The summed E-state index contributed by atoms with van der Waals surface area (Å²) in [5.41, 5.74) is 1.34. The molecule has 0 bridgehead atoms. The summed E-state index contributed by atoms with van der Waals surface area (Å²) in [5, 5.41) is 7.87. The summed E-state index contributed by atoms with van der Waals surface area (Å²) >= 11 is 0. The predicted octanol–water partition coefficient (Wildman–Crippen LogP) is 1.90. The molecule has 5 nitrogen and oxygen atoms in total. The topological polar surface area (TPSA) is 52.0 Å². The second-order valence-corrected chi connectivity index (χ2v) is 5.65. The quantitative estimate of drug-likeness (QED) is 0.881. The van der Waals surface area contributed by atoms with Gasteiger partial charge in [0.2, 0.25) is 0 Å². The van der Waals surface area contributed by atoms with Crippen molar-refractivity contribution in [3.63, 3.8) is 0 Å². The van der Waals surface area contributed by atoms with Crippen LogP contribution in [0.1, 0.15) is 30.1 Å². The summed E-state index contributed by atoms with van der Waals surface area (Å²) < 4.78 is 7.19. The molecule has 1 aromatic heterocycles. The Kier molecular flexibility index (Phi) is 4.20. The molecule has 2 aromatic rings. The van der Waals surface area contributed by atoms with Crippen LogP contribution in [0.4, 0.5) is 0 Å². The van der Waals surface area contributed by atoms with Crippen LogP contribution in [0.5, 0.6) is 5.75 Å². The standard InChI is InChI=1S/C16H22N4O/c1-20-11-18-16(19-20)7-8-17-13-9-12(10-13)14-5-3-4-6-15(14)21-2/h3-6,11-13,17H,7-10H2,1-2H3. The van der Waals surface area contributed by atoms with Crippen molar-refractivity contribution < 1.29 is 4.74 Å². The molecule has 1 aliphatic rings. The number of hydrogen-bond donors (Lipinski definition) is 1. The van der Waals surface area contributed by atoms with Crippen LogP contribution in [0.2, 0.25) is 0 Å². The highest BCUT2D eigenvalue weighted by molar-refractivity contribution is 5.37. The van der Waals surface area contributed by atoms with E-state index in [4.69, 9.17) is 4.74 Å². The predicted molar refractivity (Wildman–Crippen MR) is 81.5 cm³/mol. The van der Waals surface area contributed by atoms with Crippen molar-refractivity contribution in [3.8, 4) is 5.75 Å². The van der Waals surface area contributed by atoms with Gasteiger partial charge in [-0.1, -0.05) is 18.2 Å². The minimum Gasteiger partial charge on any atom is -0.496 e. The van der Waals surface area contributed by atoms with E-state index in [9.17, 15) is 0 Å². The van der Waals surface area contributed by atoms with Crippen LogP contribution in [-0.4, -0.2) is 34.5 Å². The smallest absolute Gasteiger partial charge is 0.151 e. The van der Waals surface area contributed by atoms with E-state index >= 15 is 0 Å². The van der Waals surface area contributed by atoms with Gasteiger partial charge < -0.3 is 10.1 Å². The van der Waals surface area contributed by atoms with Crippen LogP contribution >= 0.6 is 0 Å². The minimum absolute atomic E-state index is 0.601. The molecule has 0 atom stereocenters. The fraction of sp³-hybridized carbons (Fsp3) is 0.500. The molecule has 5 heteroatoms. The van der Waals surface area contributed by atoms with Crippen molar-refractivity contribution in [1.29, 1.82) is 0 Å². The average Bonchev–Trinajstić information content (AvgIpc) is 2.87. The van der Waals surface area contributed by atoms with Crippen LogP contribution in [0, 0.1) is 0 Å². The molecule has 0 aliphatic heterocycles. The van der Waals surface area contributed by atoms with E-state index in [1.54, 1.807) is 18.1 Å². The third-order valence-electron chi connectivity index (χ3n) is 4.15. The molecule has 1 saturated carbocycles. The first kappa shape index (κ1) is 14.1. The lowest BCUT2D eigenvalue weighted by Crippen LogP contribution is -2.41. The number of hydrogen-bond acceptors (Lipinski definition) is 4. The fourth-order valence-corrected chi connectivity index (χ4v) is 2.93. The number of aromatic nitrogens is 3. The van der Waals surface area contributed by atoms with Crippen LogP contribution < -0.4 is 10.1 Å². The SMILES string of the molecule is COc1ccccc1C1CC(NCCc2ncn(C)n2)C1. The van der Waals surface area contributed by atoms with Gasteiger partial charge in [0.25, 0.3) is 0 Å². The maximum absolute atomic E-state index is 5.44. The van der Waals surface area contributed by atoms with Gasteiger partial charge >= 0.3 is 0 Å². The van der Waals surface area contributed by atoms with E-state index in [2.05, 4.69) is 27.5 Å². The number of rotatable bonds is 6. The Hall–Kier alpha value is -1.88. The molecule has 1 aromatic carbocycles. The molecule has 1 fully saturated rings. The van der Waals surface area contributed by atoms with Crippen molar-refractivity contribution in [2.75, 3.05) is 13.7 Å². The number of aryl methyl sites for hydroxylation is 1. The molecule has 0 amide bonds. The monoisotopic (exact) mass is 286 g/mol. The Morgan fingerprint density at radius 2 is 2.14 bits per heavy atom. The first-order valence-corrected chi connectivity index (χ1v) is 7.47. The number of para-hydroxylation sites is 1. The Morgan fingerprint density at radius 3 is 2.86 bits per heavy atom. The zero-order valence-electron chi connectivity index (χ0n) is 12.6. The Balaban J connectivity index is 1.43. The van der Waals surface area contributed by atoms with Crippen molar-refractivity contribution in [2.24, 2.45) is 7.05 Å². The third-order valence-corrected chi connectivity index (χ3v) is 4.15. The van der Waals surface area contributed by atoms with Gasteiger partial charge in [0.05, 0.1) is 7.11 Å². The van der Waals surface area contributed by atoms with E-state index in [0.29, 0.717) is 12.0 Å². The van der Waals surface area contributed by atoms with Gasteiger partial charge in [-0.2, -0.15) is 5.10 Å². The van der Waals surface area contributed by atoms with Gasteiger partial charge in [0.15, 0.2) is 5.82 Å². The summed E-state index contributed by atoms with van der Waals surface area (Å²) in [7, 11) is 3.64.